The van der Waals surface area contributed by atoms with Crippen molar-refractivity contribution in [1.29, 1.82) is 0 Å². The third-order valence-electron chi connectivity index (χ3n) is 2.67. The van der Waals surface area contributed by atoms with E-state index in [-0.39, 0.29) is 23.7 Å². The first-order chi connectivity index (χ1) is 9.04. The van der Waals surface area contributed by atoms with E-state index in [4.69, 9.17) is 0 Å². The molecule has 0 heterocycles. The van der Waals surface area contributed by atoms with E-state index in [1.165, 1.54) is 18.2 Å². The normalized spacial score (nSPS) is 10.4. The largest absolute Gasteiger partial charge is 0.508 e. The number of phenolic OH excluding ortho intramolecular Hbond substituents is 2. The summed E-state index contributed by atoms with van der Waals surface area (Å²) in [6.07, 6.45) is 0. The van der Waals surface area contributed by atoms with Crippen LogP contribution < -0.4 is 0 Å². The Morgan fingerprint density at radius 3 is 2.53 bits per heavy atom. The zero-order chi connectivity index (χ0) is 14.0. The molecule has 0 aliphatic heterocycles. The molecule has 2 aromatic carbocycles. The molecule has 0 aromatic heterocycles. The number of phenols is 2. The lowest BCUT2D eigenvalue weighted by Gasteiger charge is -2.08. The highest BCUT2D eigenvalue weighted by molar-refractivity contribution is 6.43. The molecule has 0 aliphatic carbocycles. The maximum absolute atomic E-state index is 12.0. The number of esters is 1. The van der Waals surface area contributed by atoms with Gasteiger partial charge in [0.25, 0.3) is 5.78 Å². The Bertz CT molecular complexity index is 655. The summed E-state index contributed by atoms with van der Waals surface area (Å²) < 4.78 is 4.63. The van der Waals surface area contributed by atoms with Crippen LogP contribution in [-0.4, -0.2) is 28.6 Å². The van der Waals surface area contributed by atoms with Crippen molar-refractivity contribution >= 4 is 22.5 Å². The van der Waals surface area contributed by atoms with Crippen molar-refractivity contribution in [2.24, 2.45) is 0 Å². The molecule has 0 unspecified atom stereocenters. The first-order valence-electron chi connectivity index (χ1n) is 5.70. The number of carbonyl (C=O) groups excluding carboxylic acids is 2. The fourth-order valence-electron chi connectivity index (χ4n) is 1.83. The molecule has 0 aliphatic rings. The topological polar surface area (TPSA) is 83.8 Å². The van der Waals surface area contributed by atoms with Crippen molar-refractivity contribution < 1.29 is 24.5 Å². The van der Waals surface area contributed by atoms with E-state index in [0.717, 1.165) is 0 Å². The molecule has 0 saturated heterocycles. The number of hydrogen-bond donors (Lipinski definition) is 2. The summed E-state index contributed by atoms with van der Waals surface area (Å²) in [7, 11) is 0. The molecule has 5 nitrogen and oxygen atoms in total. The number of hydrogen-bond acceptors (Lipinski definition) is 5. The summed E-state index contributed by atoms with van der Waals surface area (Å²) in [6.45, 7) is 1.65. The van der Waals surface area contributed by atoms with E-state index in [2.05, 4.69) is 4.74 Å². The van der Waals surface area contributed by atoms with Gasteiger partial charge >= 0.3 is 5.97 Å². The van der Waals surface area contributed by atoms with Crippen LogP contribution in [-0.2, 0) is 9.53 Å². The third-order valence-corrected chi connectivity index (χ3v) is 2.67. The minimum atomic E-state index is -1.03. The Kier molecular flexibility index (Phi) is 3.37. The number of ether oxygens (including phenoxy) is 1. The van der Waals surface area contributed by atoms with Crippen LogP contribution in [0, 0.1) is 0 Å². The standard InChI is InChI=1S/C14H12O5/c1-2-19-14(18)13(17)12-10-7-9(15)5-3-8(10)4-6-11(12)16/h3-7,15-16H,2H2,1H3. The van der Waals surface area contributed by atoms with Gasteiger partial charge in [-0.3, -0.25) is 4.79 Å². The van der Waals surface area contributed by atoms with Gasteiger partial charge in [-0.2, -0.15) is 0 Å². The van der Waals surface area contributed by atoms with Crippen molar-refractivity contribution in [2.45, 2.75) is 6.92 Å². The van der Waals surface area contributed by atoms with Crippen molar-refractivity contribution in [3.05, 3.63) is 35.9 Å². The van der Waals surface area contributed by atoms with Crippen LogP contribution in [0.3, 0.4) is 0 Å². The van der Waals surface area contributed by atoms with Crippen molar-refractivity contribution in [3.8, 4) is 11.5 Å². The molecule has 2 aromatic rings. The monoisotopic (exact) mass is 260 g/mol. The molecule has 0 saturated carbocycles. The van der Waals surface area contributed by atoms with Crippen LogP contribution in [0.4, 0.5) is 0 Å². The van der Waals surface area contributed by atoms with Gasteiger partial charge in [0.2, 0.25) is 0 Å². The van der Waals surface area contributed by atoms with Crippen molar-refractivity contribution in [1.82, 2.24) is 0 Å². The number of ketones is 1. The summed E-state index contributed by atoms with van der Waals surface area (Å²) >= 11 is 0. The van der Waals surface area contributed by atoms with E-state index in [1.807, 2.05) is 0 Å². The molecule has 5 heteroatoms. The molecule has 0 radical (unpaired) electrons. The first-order valence-corrected chi connectivity index (χ1v) is 5.70. The second-order valence-corrected chi connectivity index (χ2v) is 3.91. The van der Waals surface area contributed by atoms with Gasteiger partial charge in [0, 0.05) is 5.39 Å². The van der Waals surface area contributed by atoms with E-state index < -0.39 is 11.8 Å². The number of carbonyl (C=O) groups is 2. The molecule has 0 bridgehead atoms. The minimum Gasteiger partial charge on any atom is -0.508 e. The number of benzene rings is 2. The summed E-state index contributed by atoms with van der Waals surface area (Å²) in [4.78, 5) is 23.4. The SMILES string of the molecule is CCOC(=O)C(=O)c1c(O)ccc2ccc(O)cc12. The van der Waals surface area contributed by atoms with Crippen LogP contribution in [0.5, 0.6) is 11.5 Å². The molecule has 19 heavy (non-hydrogen) atoms. The van der Waals surface area contributed by atoms with Gasteiger partial charge < -0.3 is 14.9 Å². The van der Waals surface area contributed by atoms with Gasteiger partial charge in [0.05, 0.1) is 12.2 Å². The summed E-state index contributed by atoms with van der Waals surface area (Å²) in [5.74, 6) is -2.35. The number of aromatic hydroxyl groups is 2. The maximum Gasteiger partial charge on any atom is 0.379 e. The lowest BCUT2D eigenvalue weighted by Crippen LogP contribution is -2.18. The second kappa shape index (κ2) is 4.97. The Morgan fingerprint density at radius 2 is 1.84 bits per heavy atom. The Morgan fingerprint density at radius 1 is 1.16 bits per heavy atom. The van der Waals surface area contributed by atoms with Crippen LogP contribution >= 0.6 is 0 Å². The molecular formula is C14H12O5. The highest BCUT2D eigenvalue weighted by Crippen LogP contribution is 2.30. The van der Waals surface area contributed by atoms with Gasteiger partial charge in [-0.1, -0.05) is 12.1 Å². The molecule has 0 atom stereocenters. The minimum absolute atomic E-state index is 0.0593. The van der Waals surface area contributed by atoms with Gasteiger partial charge in [0.1, 0.15) is 11.5 Å². The summed E-state index contributed by atoms with van der Waals surface area (Å²) in [5, 5.41) is 20.2. The highest BCUT2D eigenvalue weighted by Gasteiger charge is 2.23. The molecule has 2 N–H and O–H groups in total. The predicted octanol–water partition coefficient (Wildman–Crippen LogP) is 2.00. The third kappa shape index (κ3) is 2.35. The van der Waals surface area contributed by atoms with Crippen LogP contribution in [0.15, 0.2) is 30.3 Å². The fourth-order valence-corrected chi connectivity index (χ4v) is 1.83. The summed E-state index contributed by atoms with van der Waals surface area (Å²) in [5.41, 5.74) is -0.160. The van der Waals surface area contributed by atoms with Gasteiger partial charge in [-0.05, 0) is 30.5 Å². The quantitative estimate of drug-likeness (QED) is 0.501. The maximum atomic E-state index is 12.0. The molecule has 0 spiro atoms. The van der Waals surface area contributed by atoms with Gasteiger partial charge in [-0.25, -0.2) is 4.79 Å². The zero-order valence-corrected chi connectivity index (χ0v) is 10.2. The Labute approximate surface area is 109 Å². The van der Waals surface area contributed by atoms with Crippen LogP contribution in [0.2, 0.25) is 0 Å². The van der Waals surface area contributed by atoms with Gasteiger partial charge in [-0.15, -0.1) is 0 Å². The molecule has 0 amide bonds. The second-order valence-electron chi connectivity index (χ2n) is 3.91. The van der Waals surface area contributed by atoms with Crippen LogP contribution in [0.1, 0.15) is 17.3 Å². The lowest BCUT2D eigenvalue weighted by molar-refractivity contribution is -0.137. The van der Waals surface area contributed by atoms with Crippen molar-refractivity contribution in [3.63, 3.8) is 0 Å². The highest BCUT2D eigenvalue weighted by atomic mass is 16.5. The average Bonchev–Trinajstić information content (AvgIpc) is 2.38. The first kappa shape index (κ1) is 12.9. The van der Waals surface area contributed by atoms with Crippen molar-refractivity contribution in [2.75, 3.05) is 6.61 Å². The van der Waals surface area contributed by atoms with E-state index in [9.17, 15) is 19.8 Å². The number of rotatable bonds is 3. The predicted molar refractivity (Wildman–Crippen MR) is 68.2 cm³/mol. The van der Waals surface area contributed by atoms with Crippen LogP contribution in [0.25, 0.3) is 10.8 Å². The molecule has 2 rings (SSSR count). The Hall–Kier alpha value is -2.56. The van der Waals surface area contributed by atoms with E-state index >= 15 is 0 Å². The smallest absolute Gasteiger partial charge is 0.379 e. The zero-order valence-electron chi connectivity index (χ0n) is 10.2. The molecule has 98 valence electrons. The summed E-state index contributed by atoms with van der Waals surface area (Å²) in [6, 6.07) is 7.28. The Balaban J connectivity index is 2.64. The lowest BCUT2D eigenvalue weighted by atomic mass is 10.00. The number of Topliss-reactive ketones (excluding diaryl/α,β-unsaturated/α-hetero) is 1. The van der Waals surface area contributed by atoms with E-state index in [1.54, 1.807) is 19.1 Å². The average molecular weight is 260 g/mol. The van der Waals surface area contributed by atoms with E-state index in [0.29, 0.717) is 10.8 Å². The van der Waals surface area contributed by atoms with Gasteiger partial charge in [0.15, 0.2) is 0 Å². The number of fused-ring (bicyclic) bond motifs is 1. The molecular weight excluding hydrogens is 248 g/mol. The fraction of sp³-hybridized carbons (Fsp3) is 0.143. The molecule has 0 fully saturated rings.